The molecule has 0 fully saturated rings. The number of esters is 1. The molecule has 1 rings (SSSR count). The van der Waals surface area contributed by atoms with Gasteiger partial charge in [0.15, 0.2) is 0 Å². The van der Waals surface area contributed by atoms with Gasteiger partial charge in [0.1, 0.15) is 6.61 Å². The van der Waals surface area contributed by atoms with Gasteiger partial charge in [-0.05, 0) is 37.1 Å². The van der Waals surface area contributed by atoms with Crippen LogP contribution in [0.2, 0.25) is 0 Å². The molecule has 0 aromatic heterocycles. The van der Waals surface area contributed by atoms with E-state index in [0.717, 1.165) is 11.3 Å². The van der Waals surface area contributed by atoms with Crippen LogP contribution < -0.4 is 4.90 Å². The van der Waals surface area contributed by atoms with Gasteiger partial charge in [-0.2, -0.15) is 0 Å². The Bertz CT molecular complexity index is 454. The Morgan fingerprint density at radius 2 is 1.83 bits per heavy atom. The van der Waals surface area contributed by atoms with Gasteiger partial charge in [-0.25, -0.2) is 0 Å². The molecule has 0 atom stereocenters. The minimum atomic E-state index is -0.335. The van der Waals surface area contributed by atoms with Crippen molar-refractivity contribution in [3.63, 3.8) is 0 Å². The smallest absolute Gasteiger partial charge is 0.302 e. The molecule has 0 saturated heterocycles. The number of carbonyl (C=O) groups excluding carboxylic acids is 2. The predicted octanol–water partition coefficient (Wildman–Crippen LogP) is 2.22. The number of ether oxygens (including phenoxy) is 1. The van der Waals surface area contributed by atoms with Crippen LogP contribution in [0.25, 0.3) is 0 Å². The Morgan fingerprint density at radius 1 is 1.17 bits per heavy atom. The van der Waals surface area contributed by atoms with Gasteiger partial charge in [0.2, 0.25) is 5.91 Å². The van der Waals surface area contributed by atoms with Crippen molar-refractivity contribution >= 4 is 17.6 Å². The number of nitrogens with zero attached hydrogens (tertiary/aromatic N) is 1. The first-order valence-corrected chi connectivity index (χ1v) is 5.90. The number of benzene rings is 1. The van der Waals surface area contributed by atoms with Gasteiger partial charge >= 0.3 is 5.97 Å². The van der Waals surface area contributed by atoms with Crippen molar-refractivity contribution in [1.82, 2.24) is 0 Å². The molecule has 0 radical (unpaired) electrons. The first-order valence-electron chi connectivity index (χ1n) is 5.90. The minimum absolute atomic E-state index is 0.0644. The van der Waals surface area contributed by atoms with E-state index >= 15 is 0 Å². The molecule has 1 aromatic rings. The Balaban J connectivity index is 2.80. The molecule has 0 heterocycles. The average molecular weight is 249 g/mol. The molecule has 0 bridgehead atoms. The Hall–Kier alpha value is -1.84. The number of carbonyl (C=O) groups is 2. The highest BCUT2D eigenvalue weighted by Gasteiger charge is 2.12. The third-order valence-electron chi connectivity index (χ3n) is 2.80. The Kier molecular flexibility index (Phi) is 4.89. The molecule has 1 aromatic carbocycles. The monoisotopic (exact) mass is 249 g/mol. The minimum Gasteiger partial charge on any atom is -0.464 e. The SMILES string of the molecule is CC(=O)OCCN(C(C)=O)c1ccc(C)c(C)c1. The van der Waals surface area contributed by atoms with Crippen LogP contribution in [0, 0.1) is 13.8 Å². The standard InChI is InChI=1S/C14H19NO3/c1-10-5-6-14(9-11(10)2)15(12(3)16)7-8-18-13(4)17/h5-6,9H,7-8H2,1-4H3. The van der Waals surface area contributed by atoms with Crippen LogP contribution in [0.5, 0.6) is 0 Å². The summed E-state index contributed by atoms with van der Waals surface area (Å²) < 4.78 is 4.87. The van der Waals surface area contributed by atoms with Gasteiger partial charge < -0.3 is 9.64 Å². The zero-order valence-corrected chi connectivity index (χ0v) is 11.3. The molecule has 0 aliphatic heterocycles. The Labute approximate surface area is 108 Å². The van der Waals surface area contributed by atoms with Gasteiger partial charge in [0.25, 0.3) is 0 Å². The van der Waals surface area contributed by atoms with E-state index in [4.69, 9.17) is 4.74 Å². The van der Waals surface area contributed by atoms with E-state index in [2.05, 4.69) is 0 Å². The summed E-state index contributed by atoms with van der Waals surface area (Å²) in [6, 6.07) is 5.84. The van der Waals surface area contributed by atoms with E-state index in [1.54, 1.807) is 4.90 Å². The lowest BCUT2D eigenvalue weighted by molar-refractivity contribution is -0.140. The second-order valence-corrected chi connectivity index (χ2v) is 4.28. The van der Waals surface area contributed by atoms with Crippen molar-refractivity contribution < 1.29 is 14.3 Å². The fourth-order valence-corrected chi connectivity index (χ4v) is 1.64. The third kappa shape index (κ3) is 3.87. The number of aryl methyl sites for hydroxylation is 2. The highest BCUT2D eigenvalue weighted by molar-refractivity contribution is 5.91. The maximum Gasteiger partial charge on any atom is 0.302 e. The van der Waals surface area contributed by atoms with Gasteiger partial charge in [-0.3, -0.25) is 9.59 Å². The normalized spacial score (nSPS) is 10.0. The summed E-state index contributed by atoms with van der Waals surface area (Å²) in [5.41, 5.74) is 3.14. The van der Waals surface area contributed by atoms with E-state index in [1.165, 1.54) is 19.4 Å². The molecule has 4 nitrogen and oxygen atoms in total. The number of amides is 1. The maximum atomic E-state index is 11.6. The highest BCUT2D eigenvalue weighted by atomic mass is 16.5. The molecule has 0 aliphatic rings. The zero-order valence-electron chi connectivity index (χ0n) is 11.3. The molecule has 0 unspecified atom stereocenters. The lowest BCUT2D eigenvalue weighted by Crippen LogP contribution is -2.32. The van der Waals surface area contributed by atoms with Gasteiger partial charge in [0, 0.05) is 19.5 Å². The van der Waals surface area contributed by atoms with Crippen LogP contribution in [0.3, 0.4) is 0 Å². The molecular weight excluding hydrogens is 230 g/mol. The van der Waals surface area contributed by atoms with E-state index < -0.39 is 0 Å². The van der Waals surface area contributed by atoms with E-state index in [9.17, 15) is 9.59 Å². The van der Waals surface area contributed by atoms with Gasteiger partial charge in [-0.1, -0.05) is 6.07 Å². The summed E-state index contributed by atoms with van der Waals surface area (Å²) in [6.07, 6.45) is 0. The summed E-state index contributed by atoms with van der Waals surface area (Å²) >= 11 is 0. The first kappa shape index (κ1) is 14.2. The first-order chi connectivity index (χ1) is 8.41. The van der Waals surface area contributed by atoms with E-state index in [-0.39, 0.29) is 18.5 Å². The summed E-state index contributed by atoms with van der Waals surface area (Å²) in [5.74, 6) is -0.399. The number of rotatable bonds is 4. The third-order valence-corrected chi connectivity index (χ3v) is 2.80. The lowest BCUT2D eigenvalue weighted by atomic mass is 10.1. The molecule has 98 valence electrons. The molecule has 0 aliphatic carbocycles. The van der Waals surface area contributed by atoms with Gasteiger partial charge in [0.05, 0.1) is 6.54 Å². The van der Waals surface area contributed by atoms with Crippen molar-refractivity contribution in [2.75, 3.05) is 18.1 Å². The lowest BCUT2D eigenvalue weighted by Gasteiger charge is -2.21. The molecular formula is C14H19NO3. The molecule has 18 heavy (non-hydrogen) atoms. The molecule has 0 N–H and O–H groups in total. The summed E-state index contributed by atoms with van der Waals surface area (Å²) in [7, 11) is 0. The van der Waals surface area contributed by atoms with E-state index in [0.29, 0.717) is 6.54 Å². The number of hydrogen-bond donors (Lipinski definition) is 0. The van der Waals surface area contributed by atoms with Gasteiger partial charge in [-0.15, -0.1) is 0 Å². The fourth-order valence-electron chi connectivity index (χ4n) is 1.64. The summed E-state index contributed by atoms with van der Waals surface area (Å²) in [5, 5.41) is 0. The molecule has 4 heteroatoms. The number of anilines is 1. The quantitative estimate of drug-likeness (QED) is 0.769. The van der Waals surface area contributed by atoms with Crippen molar-refractivity contribution in [3.05, 3.63) is 29.3 Å². The topological polar surface area (TPSA) is 46.6 Å². The fraction of sp³-hybridized carbons (Fsp3) is 0.429. The highest BCUT2D eigenvalue weighted by Crippen LogP contribution is 2.18. The molecule has 0 spiro atoms. The predicted molar refractivity (Wildman–Crippen MR) is 70.6 cm³/mol. The molecule has 1 amide bonds. The molecule has 0 saturated carbocycles. The second kappa shape index (κ2) is 6.19. The van der Waals surface area contributed by atoms with Crippen molar-refractivity contribution in [1.29, 1.82) is 0 Å². The summed E-state index contributed by atoms with van der Waals surface area (Å²) in [6.45, 7) is 7.47. The maximum absolute atomic E-state index is 11.6. The largest absolute Gasteiger partial charge is 0.464 e. The van der Waals surface area contributed by atoms with Crippen LogP contribution in [0.1, 0.15) is 25.0 Å². The van der Waals surface area contributed by atoms with Crippen molar-refractivity contribution in [2.45, 2.75) is 27.7 Å². The van der Waals surface area contributed by atoms with Crippen molar-refractivity contribution in [3.8, 4) is 0 Å². The van der Waals surface area contributed by atoms with Crippen molar-refractivity contribution in [2.24, 2.45) is 0 Å². The number of hydrogen-bond acceptors (Lipinski definition) is 3. The van der Waals surface area contributed by atoms with Crippen LogP contribution >= 0.6 is 0 Å². The van der Waals surface area contributed by atoms with Crippen LogP contribution in [0.15, 0.2) is 18.2 Å². The van der Waals surface area contributed by atoms with Crippen LogP contribution in [0.4, 0.5) is 5.69 Å². The van der Waals surface area contributed by atoms with Crippen LogP contribution in [-0.2, 0) is 14.3 Å². The van der Waals surface area contributed by atoms with E-state index in [1.807, 2.05) is 32.0 Å². The zero-order chi connectivity index (χ0) is 13.7. The Morgan fingerprint density at radius 3 is 2.33 bits per heavy atom. The van der Waals surface area contributed by atoms with Crippen LogP contribution in [-0.4, -0.2) is 25.0 Å². The summed E-state index contributed by atoms with van der Waals surface area (Å²) in [4.78, 5) is 23.9. The average Bonchev–Trinajstić information content (AvgIpc) is 2.27. The second-order valence-electron chi connectivity index (χ2n) is 4.28.